The van der Waals surface area contributed by atoms with Crippen molar-refractivity contribution in [2.75, 3.05) is 5.73 Å². The summed E-state index contributed by atoms with van der Waals surface area (Å²) < 4.78 is 1.72. The van der Waals surface area contributed by atoms with Crippen molar-refractivity contribution >= 4 is 11.5 Å². The summed E-state index contributed by atoms with van der Waals surface area (Å²) in [6.45, 7) is 4.39. The Morgan fingerprint density at radius 1 is 1.39 bits per heavy atom. The zero-order valence-corrected chi connectivity index (χ0v) is 11.1. The number of nitrogen functional groups attached to an aromatic ring is 1. The highest BCUT2D eigenvalue weighted by atomic mass is 15.3. The second-order valence-electron chi connectivity index (χ2n) is 5.93. The topological polar surface area (TPSA) is 56.2 Å². The molecular formula is C14H20N4. The minimum atomic E-state index is 0.408. The zero-order valence-electron chi connectivity index (χ0n) is 11.1. The molecule has 1 fully saturated rings. The van der Waals surface area contributed by atoms with E-state index in [1.165, 1.54) is 25.7 Å². The highest BCUT2D eigenvalue weighted by molar-refractivity contribution is 5.52. The van der Waals surface area contributed by atoms with E-state index in [1.54, 1.807) is 4.52 Å². The van der Waals surface area contributed by atoms with Crippen molar-refractivity contribution in [1.29, 1.82) is 0 Å². The summed E-state index contributed by atoms with van der Waals surface area (Å²) in [4.78, 5) is 4.72. The molecule has 0 bridgehead atoms. The normalized spacial score (nSPS) is 18.6. The van der Waals surface area contributed by atoms with Crippen LogP contribution in [0.25, 0.3) is 5.65 Å². The molecule has 1 saturated carbocycles. The van der Waals surface area contributed by atoms with Gasteiger partial charge in [-0.15, -0.1) is 0 Å². The quantitative estimate of drug-likeness (QED) is 0.883. The third kappa shape index (κ3) is 1.85. The Balaban J connectivity index is 1.99. The van der Waals surface area contributed by atoms with Gasteiger partial charge in [0.2, 0.25) is 0 Å². The lowest BCUT2D eigenvalue weighted by Crippen LogP contribution is -2.16. The van der Waals surface area contributed by atoms with Gasteiger partial charge in [-0.25, -0.2) is 4.98 Å². The van der Waals surface area contributed by atoms with E-state index in [-0.39, 0.29) is 0 Å². The predicted molar refractivity (Wildman–Crippen MR) is 72.4 cm³/mol. The van der Waals surface area contributed by atoms with Gasteiger partial charge in [-0.2, -0.15) is 9.61 Å². The van der Waals surface area contributed by atoms with Gasteiger partial charge >= 0.3 is 0 Å². The lowest BCUT2D eigenvalue weighted by atomic mass is 9.84. The third-order valence-corrected chi connectivity index (χ3v) is 4.15. The summed E-state index contributed by atoms with van der Waals surface area (Å²) in [6.07, 6.45) is 8.15. The smallest absolute Gasteiger partial charge is 0.160 e. The van der Waals surface area contributed by atoms with E-state index >= 15 is 0 Å². The monoisotopic (exact) mass is 244 g/mol. The van der Waals surface area contributed by atoms with Crippen LogP contribution >= 0.6 is 0 Å². The molecule has 2 N–H and O–H groups in total. The van der Waals surface area contributed by atoms with Gasteiger partial charge in [-0.3, -0.25) is 0 Å². The molecule has 0 radical (unpaired) electrons. The maximum atomic E-state index is 6.05. The molecule has 18 heavy (non-hydrogen) atoms. The molecule has 0 aliphatic heterocycles. The number of aryl methyl sites for hydroxylation is 1. The van der Waals surface area contributed by atoms with Gasteiger partial charge in [0, 0.05) is 17.3 Å². The van der Waals surface area contributed by atoms with Crippen molar-refractivity contribution in [3.8, 4) is 0 Å². The molecule has 0 spiro atoms. The number of nitrogens with zero attached hydrogens (tertiary/aromatic N) is 3. The van der Waals surface area contributed by atoms with Crippen molar-refractivity contribution in [2.45, 2.75) is 46.0 Å². The fourth-order valence-electron chi connectivity index (χ4n) is 3.08. The van der Waals surface area contributed by atoms with E-state index < -0.39 is 0 Å². The Morgan fingerprint density at radius 3 is 2.83 bits per heavy atom. The molecule has 0 saturated heterocycles. The molecule has 4 heteroatoms. The second kappa shape index (κ2) is 3.97. The van der Waals surface area contributed by atoms with Crippen LogP contribution in [0.5, 0.6) is 0 Å². The first-order chi connectivity index (χ1) is 8.57. The predicted octanol–water partition coefficient (Wildman–Crippen LogP) is 2.74. The molecule has 4 nitrogen and oxygen atoms in total. The molecule has 1 aliphatic rings. The van der Waals surface area contributed by atoms with Crippen LogP contribution in [-0.4, -0.2) is 14.6 Å². The van der Waals surface area contributed by atoms with Crippen LogP contribution < -0.4 is 5.73 Å². The maximum absolute atomic E-state index is 6.05. The fourth-order valence-corrected chi connectivity index (χ4v) is 3.08. The Hall–Kier alpha value is -1.58. The molecule has 0 aromatic carbocycles. The first-order valence-corrected chi connectivity index (χ1v) is 6.67. The second-order valence-corrected chi connectivity index (χ2v) is 5.93. The van der Waals surface area contributed by atoms with Gasteiger partial charge in [0.15, 0.2) is 5.65 Å². The van der Waals surface area contributed by atoms with Crippen molar-refractivity contribution in [3.63, 3.8) is 0 Å². The average Bonchev–Trinajstić information content (AvgIpc) is 2.87. The summed E-state index contributed by atoms with van der Waals surface area (Å²) >= 11 is 0. The molecular weight excluding hydrogens is 224 g/mol. The molecule has 96 valence electrons. The van der Waals surface area contributed by atoms with Crippen molar-refractivity contribution < 1.29 is 0 Å². The van der Waals surface area contributed by atoms with E-state index in [1.807, 2.05) is 19.2 Å². The van der Waals surface area contributed by atoms with E-state index in [0.29, 0.717) is 11.2 Å². The molecule has 3 rings (SSSR count). The lowest BCUT2D eigenvalue weighted by Gasteiger charge is -2.23. The summed E-state index contributed by atoms with van der Waals surface area (Å²) in [6, 6.07) is 1.98. The molecule has 0 atom stereocenters. The van der Waals surface area contributed by atoms with Gasteiger partial charge in [0.25, 0.3) is 0 Å². The van der Waals surface area contributed by atoms with Crippen molar-refractivity contribution in [2.24, 2.45) is 5.41 Å². The molecule has 1 aliphatic carbocycles. The number of rotatable bonds is 2. The summed E-state index contributed by atoms with van der Waals surface area (Å²) in [7, 11) is 0. The van der Waals surface area contributed by atoms with Gasteiger partial charge in [-0.1, -0.05) is 19.8 Å². The van der Waals surface area contributed by atoms with Crippen LogP contribution in [-0.2, 0) is 6.42 Å². The minimum Gasteiger partial charge on any atom is -0.384 e. The van der Waals surface area contributed by atoms with Crippen LogP contribution in [0.4, 0.5) is 5.82 Å². The number of aromatic nitrogens is 3. The number of fused-ring (bicyclic) bond motifs is 1. The Kier molecular flexibility index (Phi) is 2.54. The third-order valence-electron chi connectivity index (χ3n) is 4.15. The van der Waals surface area contributed by atoms with E-state index in [4.69, 9.17) is 10.7 Å². The Bertz CT molecular complexity index is 579. The molecule has 0 unspecified atom stereocenters. The van der Waals surface area contributed by atoms with E-state index in [0.717, 1.165) is 23.3 Å². The highest BCUT2D eigenvalue weighted by Gasteiger charge is 2.29. The molecule has 2 heterocycles. The SMILES string of the molecule is Cc1cnn2c(N)cc(CC3(C)CCCC3)nc12. The van der Waals surface area contributed by atoms with Crippen molar-refractivity contribution in [3.05, 3.63) is 23.5 Å². The van der Waals surface area contributed by atoms with E-state index in [2.05, 4.69) is 12.0 Å². The summed E-state index contributed by atoms with van der Waals surface area (Å²) in [5.41, 5.74) is 9.54. The molecule has 0 amide bonds. The summed E-state index contributed by atoms with van der Waals surface area (Å²) in [5.74, 6) is 0.685. The van der Waals surface area contributed by atoms with Gasteiger partial charge in [-0.05, 0) is 31.6 Å². The number of anilines is 1. The van der Waals surface area contributed by atoms with Crippen LogP contribution in [0.15, 0.2) is 12.3 Å². The zero-order chi connectivity index (χ0) is 12.8. The Morgan fingerprint density at radius 2 is 2.11 bits per heavy atom. The molecule has 2 aromatic rings. The number of hydrogen-bond acceptors (Lipinski definition) is 3. The van der Waals surface area contributed by atoms with Crippen LogP contribution in [0, 0.1) is 12.3 Å². The van der Waals surface area contributed by atoms with Gasteiger partial charge < -0.3 is 5.73 Å². The number of hydrogen-bond donors (Lipinski definition) is 1. The largest absolute Gasteiger partial charge is 0.384 e. The van der Waals surface area contributed by atoms with Gasteiger partial charge in [0.05, 0.1) is 6.20 Å². The average molecular weight is 244 g/mol. The fraction of sp³-hybridized carbons (Fsp3) is 0.571. The molecule has 2 aromatic heterocycles. The first kappa shape index (κ1) is 11.5. The maximum Gasteiger partial charge on any atom is 0.160 e. The highest BCUT2D eigenvalue weighted by Crippen LogP contribution is 2.40. The van der Waals surface area contributed by atoms with E-state index in [9.17, 15) is 0 Å². The van der Waals surface area contributed by atoms with Crippen molar-refractivity contribution in [1.82, 2.24) is 14.6 Å². The standard InChI is InChI=1S/C14H20N4/c1-10-9-16-18-12(15)7-11(17-13(10)18)8-14(2)5-3-4-6-14/h7,9H,3-6,8,15H2,1-2H3. The minimum absolute atomic E-state index is 0.408. The number of nitrogens with two attached hydrogens (primary N) is 1. The van der Waals surface area contributed by atoms with Crippen LogP contribution in [0.1, 0.15) is 43.9 Å². The summed E-state index contributed by atoms with van der Waals surface area (Å²) in [5, 5.41) is 4.24. The van der Waals surface area contributed by atoms with Crippen LogP contribution in [0.2, 0.25) is 0 Å². The lowest BCUT2D eigenvalue weighted by molar-refractivity contribution is 0.331. The van der Waals surface area contributed by atoms with Crippen LogP contribution in [0.3, 0.4) is 0 Å². The first-order valence-electron chi connectivity index (χ1n) is 6.67. The Labute approximate surface area is 107 Å². The van der Waals surface area contributed by atoms with Gasteiger partial charge in [0.1, 0.15) is 5.82 Å².